The molecule has 0 saturated carbocycles. The summed E-state index contributed by atoms with van der Waals surface area (Å²) in [5.74, 6) is 1.48. The number of rotatable bonds is 5. The third-order valence-electron chi connectivity index (χ3n) is 3.29. The summed E-state index contributed by atoms with van der Waals surface area (Å²) in [6.07, 6.45) is 0. The molecule has 2 rings (SSSR count). The van der Waals surface area contributed by atoms with Gasteiger partial charge in [0.25, 0.3) is 0 Å². The number of nitrogens with two attached hydrogens (primary N) is 1. The van der Waals surface area contributed by atoms with E-state index < -0.39 is 0 Å². The monoisotopic (exact) mass is 340 g/mol. The summed E-state index contributed by atoms with van der Waals surface area (Å²) in [6.45, 7) is 2.96. The first kappa shape index (κ1) is 15.2. The molecule has 108 valence electrons. The minimum Gasteiger partial charge on any atom is -0.465 e. The first-order valence-electron chi connectivity index (χ1n) is 6.42. The lowest BCUT2D eigenvalue weighted by molar-refractivity contribution is 0.221. The predicted molar refractivity (Wildman–Crippen MR) is 80.8 cm³/mol. The standard InChI is InChI=1S/C15H18BrFN2O/c1-10-3-5-12(20-10)9-19(2)15(8-18)11-4-6-13(16)14(17)7-11/h3-7,15H,8-9,18H2,1-2H3. The molecule has 20 heavy (non-hydrogen) atoms. The Morgan fingerprint density at radius 3 is 2.65 bits per heavy atom. The summed E-state index contributed by atoms with van der Waals surface area (Å²) < 4.78 is 19.7. The Morgan fingerprint density at radius 1 is 1.35 bits per heavy atom. The van der Waals surface area contributed by atoms with Gasteiger partial charge < -0.3 is 10.2 Å². The summed E-state index contributed by atoms with van der Waals surface area (Å²) >= 11 is 3.16. The van der Waals surface area contributed by atoms with E-state index in [0.717, 1.165) is 17.1 Å². The summed E-state index contributed by atoms with van der Waals surface area (Å²) in [6, 6.07) is 8.93. The maximum atomic E-state index is 13.6. The van der Waals surface area contributed by atoms with Gasteiger partial charge in [-0.3, -0.25) is 4.90 Å². The molecule has 0 saturated heterocycles. The smallest absolute Gasteiger partial charge is 0.137 e. The van der Waals surface area contributed by atoms with Crippen LogP contribution in [0.1, 0.15) is 23.1 Å². The van der Waals surface area contributed by atoms with Crippen molar-refractivity contribution in [3.05, 3.63) is 57.7 Å². The van der Waals surface area contributed by atoms with Crippen LogP contribution in [0.25, 0.3) is 0 Å². The number of hydrogen-bond donors (Lipinski definition) is 1. The molecule has 2 N–H and O–H groups in total. The summed E-state index contributed by atoms with van der Waals surface area (Å²) in [4.78, 5) is 2.06. The third kappa shape index (κ3) is 3.48. The average molecular weight is 341 g/mol. The summed E-state index contributed by atoms with van der Waals surface area (Å²) in [7, 11) is 1.95. The second-order valence-electron chi connectivity index (χ2n) is 4.85. The topological polar surface area (TPSA) is 42.4 Å². The van der Waals surface area contributed by atoms with E-state index in [1.165, 1.54) is 6.07 Å². The van der Waals surface area contributed by atoms with Gasteiger partial charge in [-0.15, -0.1) is 0 Å². The van der Waals surface area contributed by atoms with Gasteiger partial charge >= 0.3 is 0 Å². The van der Waals surface area contributed by atoms with E-state index in [9.17, 15) is 4.39 Å². The fourth-order valence-electron chi connectivity index (χ4n) is 2.22. The van der Waals surface area contributed by atoms with Gasteiger partial charge in [0.05, 0.1) is 11.0 Å². The second-order valence-corrected chi connectivity index (χ2v) is 5.71. The molecule has 2 aromatic rings. The largest absolute Gasteiger partial charge is 0.465 e. The Morgan fingerprint density at radius 2 is 2.10 bits per heavy atom. The minimum atomic E-state index is -0.275. The predicted octanol–water partition coefficient (Wildman–Crippen LogP) is 3.62. The minimum absolute atomic E-state index is 0.0528. The van der Waals surface area contributed by atoms with Crippen molar-refractivity contribution in [1.29, 1.82) is 0 Å². The van der Waals surface area contributed by atoms with Crippen molar-refractivity contribution >= 4 is 15.9 Å². The highest BCUT2D eigenvalue weighted by Gasteiger charge is 2.18. The molecule has 1 aromatic carbocycles. The molecule has 0 spiro atoms. The molecular weight excluding hydrogens is 323 g/mol. The van der Waals surface area contributed by atoms with Crippen molar-refractivity contribution in [3.8, 4) is 0 Å². The van der Waals surface area contributed by atoms with Crippen LogP contribution in [-0.4, -0.2) is 18.5 Å². The van der Waals surface area contributed by atoms with Crippen LogP contribution in [-0.2, 0) is 6.54 Å². The molecular formula is C15H18BrFN2O. The van der Waals surface area contributed by atoms with Crippen molar-refractivity contribution in [2.24, 2.45) is 5.73 Å². The van der Waals surface area contributed by atoms with Gasteiger partial charge in [-0.05, 0) is 59.7 Å². The van der Waals surface area contributed by atoms with Crippen LogP contribution in [0.3, 0.4) is 0 Å². The zero-order valence-corrected chi connectivity index (χ0v) is 13.2. The number of hydrogen-bond acceptors (Lipinski definition) is 3. The summed E-state index contributed by atoms with van der Waals surface area (Å²) in [5.41, 5.74) is 6.71. The van der Waals surface area contributed by atoms with Crippen LogP contribution in [0.15, 0.2) is 39.2 Å². The van der Waals surface area contributed by atoms with E-state index in [1.807, 2.05) is 32.2 Å². The van der Waals surface area contributed by atoms with E-state index in [1.54, 1.807) is 6.07 Å². The Hall–Kier alpha value is -1.17. The lowest BCUT2D eigenvalue weighted by Crippen LogP contribution is -2.30. The Labute approximate surface area is 126 Å². The molecule has 1 unspecified atom stereocenters. The van der Waals surface area contributed by atoms with Crippen LogP contribution in [0, 0.1) is 12.7 Å². The maximum Gasteiger partial charge on any atom is 0.137 e. The molecule has 1 aromatic heterocycles. The maximum absolute atomic E-state index is 13.6. The Kier molecular flexibility index (Phi) is 4.96. The van der Waals surface area contributed by atoms with Gasteiger partial charge in [0.2, 0.25) is 0 Å². The fourth-order valence-corrected chi connectivity index (χ4v) is 2.46. The van der Waals surface area contributed by atoms with Gasteiger partial charge in [0.15, 0.2) is 0 Å². The van der Waals surface area contributed by atoms with Gasteiger partial charge in [-0.1, -0.05) is 6.07 Å². The Bertz CT molecular complexity index is 585. The van der Waals surface area contributed by atoms with Crippen LogP contribution >= 0.6 is 15.9 Å². The number of furan rings is 1. The van der Waals surface area contributed by atoms with E-state index >= 15 is 0 Å². The first-order chi connectivity index (χ1) is 9.51. The van der Waals surface area contributed by atoms with Gasteiger partial charge in [-0.25, -0.2) is 4.39 Å². The quantitative estimate of drug-likeness (QED) is 0.903. The molecule has 1 heterocycles. The molecule has 3 nitrogen and oxygen atoms in total. The average Bonchev–Trinajstić information content (AvgIpc) is 2.80. The molecule has 5 heteroatoms. The van der Waals surface area contributed by atoms with Crippen molar-refractivity contribution in [2.45, 2.75) is 19.5 Å². The molecule has 0 amide bonds. The Balaban J connectivity index is 2.16. The zero-order chi connectivity index (χ0) is 14.7. The number of likely N-dealkylation sites (N-methyl/N-ethyl adjacent to an activating group) is 1. The van der Waals surface area contributed by atoms with Gasteiger partial charge in [0, 0.05) is 12.6 Å². The number of benzene rings is 1. The van der Waals surface area contributed by atoms with Crippen LogP contribution in [0.2, 0.25) is 0 Å². The lowest BCUT2D eigenvalue weighted by atomic mass is 10.1. The van der Waals surface area contributed by atoms with E-state index in [-0.39, 0.29) is 11.9 Å². The molecule has 1 atom stereocenters. The number of nitrogens with zero attached hydrogens (tertiary/aromatic N) is 1. The molecule has 0 bridgehead atoms. The highest BCUT2D eigenvalue weighted by atomic mass is 79.9. The van der Waals surface area contributed by atoms with Crippen molar-refractivity contribution in [2.75, 3.05) is 13.6 Å². The van der Waals surface area contributed by atoms with E-state index in [0.29, 0.717) is 17.6 Å². The van der Waals surface area contributed by atoms with Crippen molar-refractivity contribution < 1.29 is 8.81 Å². The number of aryl methyl sites for hydroxylation is 1. The van der Waals surface area contributed by atoms with Crippen LogP contribution in [0.4, 0.5) is 4.39 Å². The van der Waals surface area contributed by atoms with Crippen molar-refractivity contribution in [3.63, 3.8) is 0 Å². The third-order valence-corrected chi connectivity index (χ3v) is 3.93. The van der Waals surface area contributed by atoms with Crippen LogP contribution in [0.5, 0.6) is 0 Å². The normalized spacial score (nSPS) is 12.9. The van der Waals surface area contributed by atoms with Crippen LogP contribution < -0.4 is 5.73 Å². The highest BCUT2D eigenvalue weighted by molar-refractivity contribution is 9.10. The molecule has 0 fully saturated rings. The molecule has 0 aliphatic heterocycles. The second kappa shape index (κ2) is 6.52. The lowest BCUT2D eigenvalue weighted by Gasteiger charge is -2.26. The molecule has 0 radical (unpaired) electrons. The highest BCUT2D eigenvalue weighted by Crippen LogP contribution is 2.25. The molecule has 0 aliphatic rings. The van der Waals surface area contributed by atoms with Gasteiger partial charge in [-0.2, -0.15) is 0 Å². The van der Waals surface area contributed by atoms with E-state index in [4.69, 9.17) is 10.2 Å². The first-order valence-corrected chi connectivity index (χ1v) is 7.21. The van der Waals surface area contributed by atoms with Crippen molar-refractivity contribution in [1.82, 2.24) is 4.90 Å². The van der Waals surface area contributed by atoms with E-state index in [2.05, 4.69) is 20.8 Å². The zero-order valence-electron chi connectivity index (χ0n) is 11.6. The summed E-state index contributed by atoms with van der Waals surface area (Å²) in [5, 5.41) is 0. The fraction of sp³-hybridized carbons (Fsp3) is 0.333. The number of halogens is 2. The van der Waals surface area contributed by atoms with Gasteiger partial charge in [0.1, 0.15) is 17.3 Å². The SMILES string of the molecule is Cc1ccc(CN(C)C(CN)c2ccc(Br)c(F)c2)o1. The molecule has 0 aliphatic carbocycles.